The second-order valence-corrected chi connectivity index (χ2v) is 4.14. The topological polar surface area (TPSA) is 26.3 Å². The van der Waals surface area contributed by atoms with Crippen molar-refractivity contribution in [3.8, 4) is 5.06 Å². The first-order chi connectivity index (χ1) is 6.77. The van der Waals surface area contributed by atoms with E-state index in [2.05, 4.69) is 0 Å². The van der Waals surface area contributed by atoms with Crippen LogP contribution in [0, 0.1) is 0 Å². The summed E-state index contributed by atoms with van der Waals surface area (Å²) in [5.74, 6) is 0. The molecule has 0 fully saturated rings. The molecule has 4 heteroatoms. The molecule has 0 aliphatic carbocycles. The van der Waals surface area contributed by atoms with Crippen molar-refractivity contribution < 1.29 is 9.53 Å². The number of halogens is 1. The fraction of sp³-hybridized carbons (Fsp3) is 0.100. The number of thiophene rings is 1. The Hall–Kier alpha value is -1.06. The Labute approximate surface area is 90.1 Å². The lowest BCUT2D eigenvalue weighted by Crippen LogP contribution is -1.80. The first kappa shape index (κ1) is 9.49. The molecule has 1 aromatic carbocycles. The highest BCUT2D eigenvalue weighted by atomic mass is 35.5. The predicted octanol–water partition coefficient (Wildman–Crippen LogP) is 3.38. The summed E-state index contributed by atoms with van der Waals surface area (Å²) in [6, 6.07) is 5.49. The minimum Gasteiger partial charge on any atom is -0.486 e. The highest BCUT2D eigenvalue weighted by Crippen LogP contribution is 2.42. The van der Waals surface area contributed by atoms with Crippen LogP contribution >= 0.6 is 22.9 Å². The average Bonchev–Trinajstić information content (AvgIpc) is 2.55. The molecule has 1 aromatic heterocycles. The zero-order chi connectivity index (χ0) is 10.1. The van der Waals surface area contributed by atoms with E-state index in [1.165, 1.54) is 11.3 Å². The van der Waals surface area contributed by atoms with Crippen molar-refractivity contribution in [2.24, 2.45) is 0 Å². The molecule has 2 aromatic rings. The number of carbonyl (C=O) groups is 1. The fourth-order valence-electron chi connectivity index (χ4n) is 1.34. The fourth-order valence-corrected chi connectivity index (χ4v) is 2.75. The molecular weight excluding hydrogens is 220 g/mol. The number of benzene rings is 1. The lowest BCUT2D eigenvalue weighted by atomic mass is 10.1. The molecule has 0 N–H and O–H groups in total. The van der Waals surface area contributed by atoms with Crippen molar-refractivity contribution in [3.63, 3.8) is 0 Å². The van der Waals surface area contributed by atoms with Crippen LogP contribution in [0.15, 0.2) is 18.2 Å². The highest BCUT2D eigenvalue weighted by Gasteiger charge is 2.13. The highest BCUT2D eigenvalue weighted by molar-refractivity contribution is 7.21. The molecule has 0 saturated carbocycles. The van der Waals surface area contributed by atoms with E-state index in [1.807, 2.05) is 12.1 Å². The van der Waals surface area contributed by atoms with Crippen LogP contribution < -0.4 is 4.74 Å². The predicted molar refractivity (Wildman–Crippen MR) is 58.8 cm³/mol. The van der Waals surface area contributed by atoms with Gasteiger partial charge in [0.15, 0.2) is 11.3 Å². The monoisotopic (exact) mass is 226 g/mol. The molecule has 0 spiro atoms. The second-order valence-electron chi connectivity index (χ2n) is 2.75. The van der Waals surface area contributed by atoms with Crippen LogP contribution in [0.3, 0.4) is 0 Å². The molecule has 0 aliphatic heterocycles. The number of aldehydes is 1. The van der Waals surface area contributed by atoms with Gasteiger partial charge in [-0.3, -0.25) is 4.79 Å². The van der Waals surface area contributed by atoms with Crippen molar-refractivity contribution in [1.29, 1.82) is 0 Å². The first-order valence-corrected chi connectivity index (χ1v) is 5.17. The summed E-state index contributed by atoms with van der Waals surface area (Å²) < 4.78 is 6.07. The quantitative estimate of drug-likeness (QED) is 0.734. The van der Waals surface area contributed by atoms with Gasteiger partial charge in [0.2, 0.25) is 0 Å². The van der Waals surface area contributed by atoms with Crippen LogP contribution in [0.25, 0.3) is 10.1 Å². The van der Waals surface area contributed by atoms with Gasteiger partial charge in [0.25, 0.3) is 0 Å². The molecule has 72 valence electrons. The van der Waals surface area contributed by atoms with Gasteiger partial charge in [-0.05, 0) is 6.07 Å². The largest absolute Gasteiger partial charge is 0.486 e. The molecule has 0 radical (unpaired) electrons. The van der Waals surface area contributed by atoms with Gasteiger partial charge in [-0.25, -0.2) is 0 Å². The van der Waals surface area contributed by atoms with Crippen LogP contribution in [0.5, 0.6) is 5.06 Å². The van der Waals surface area contributed by atoms with Crippen LogP contribution in [0.4, 0.5) is 0 Å². The normalized spacial score (nSPS) is 10.4. The van der Waals surface area contributed by atoms with Crippen LogP contribution in [0.2, 0.25) is 5.02 Å². The van der Waals surface area contributed by atoms with Crippen molar-refractivity contribution in [2.75, 3.05) is 7.11 Å². The molecule has 0 saturated heterocycles. The number of rotatable bonds is 2. The van der Waals surface area contributed by atoms with Gasteiger partial charge in [0.1, 0.15) is 5.02 Å². The zero-order valence-corrected chi connectivity index (χ0v) is 8.98. The van der Waals surface area contributed by atoms with E-state index in [0.717, 1.165) is 16.4 Å². The smallest absolute Gasteiger partial charge is 0.193 e. The Morgan fingerprint density at radius 1 is 1.50 bits per heavy atom. The number of ether oxygens (including phenoxy) is 1. The van der Waals surface area contributed by atoms with E-state index < -0.39 is 0 Å². The molecule has 2 rings (SSSR count). The molecule has 0 amide bonds. The number of carbonyl (C=O) groups excluding carboxylic acids is 1. The third-order valence-corrected chi connectivity index (χ3v) is 3.56. The number of hydrogen-bond acceptors (Lipinski definition) is 3. The van der Waals surface area contributed by atoms with Gasteiger partial charge in [-0.15, -0.1) is 0 Å². The number of methoxy groups -OCH3 is 1. The Kier molecular flexibility index (Phi) is 2.44. The van der Waals surface area contributed by atoms with E-state index in [-0.39, 0.29) is 0 Å². The standard InChI is InChI=1S/C10H7ClO2S/c1-13-10-9(11)8-6(5-12)3-2-4-7(8)14-10/h2-5H,1H3. The Morgan fingerprint density at radius 3 is 2.93 bits per heavy atom. The molecule has 0 unspecified atom stereocenters. The summed E-state index contributed by atoms with van der Waals surface area (Å²) in [6.45, 7) is 0. The van der Waals surface area contributed by atoms with E-state index in [1.54, 1.807) is 13.2 Å². The maximum Gasteiger partial charge on any atom is 0.193 e. The average molecular weight is 227 g/mol. The van der Waals surface area contributed by atoms with Crippen LogP contribution in [0.1, 0.15) is 10.4 Å². The summed E-state index contributed by atoms with van der Waals surface area (Å²) in [6.07, 6.45) is 0.806. The van der Waals surface area contributed by atoms with Crippen LogP contribution in [-0.4, -0.2) is 13.4 Å². The minimum absolute atomic E-state index is 0.523. The Balaban J connectivity index is 2.85. The van der Waals surface area contributed by atoms with Crippen molar-refractivity contribution in [2.45, 2.75) is 0 Å². The maximum absolute atomic E-state index is 10.8. The maximum atomic E-state index is 10.8. The third kappa shape index (κ3) is 1.29. The molecule has 1 heterocycles. The zero-order valence-electron chi connectivity index (χ0n) is 7.41. The van der Waals surface area contributed by atoms with Crippen molar-refractivity contribution in [1.82, 2.24) is 0 Å². The van der Waals surface area contributed by atoms with E-state index >= 15 is 0 Å². The van der Waals surface area contributed by atoms with Gasteiger partial charge < -0.3 is 4.74 Å². The lowest BCUT2D eigenvalue weighted by Gasteiger charge is -1.95. The van der Waals surface area contributed by atoms with Gasteiger partial charge in [0, 0.05) is 15.6 Å². The van der Waals surface area contributed by atoms with Crippen molar-refractivity contribution in [3.05, 3.63) is 28.8 Å². The number of fused-ring (bicyclic) bond motifs is 1. The molecule has 14 heavy (non-hydrogen) atoms. The Morgan fingerprint density at radius 2 is 2.29 bits per heavy atom. The minimum atomic E-state index is 0.523. The molecular formula is C10H7ClO2S. The van der Waals surface area contributed by atoms with Crippen LogP contribution in [-0.2, 0) is 0 Å². The lowest BCUT2D eigenvalue weighted by molar-refractivity contribution is 0.112. The Bertz CT molecular complexity index is 490. The second kappa shape index (κ2) is 3.59. The summed E-state index contributed by atoms with van der Waals surface area (Å²) in [5.41, 5.74) is 0.604. The summed E-state index contributed by atoms with van der Waals surface area (Å²) in [5, 5.41) is 1.96. The molecule has 2 nitrogen and oxygen atoms in total. The van der Waals surface area contributed by atoms with Crippen molar-refractivity contribution >= 4 is 39.3 Å². The van der Waals surface area contributed by atoms with Gasteiger partial charge in [0.05, 0.1) is 7.11 Å². The van der Waals surface area contributed by atoms with Gasteiger partial charge >= 0.3 is 0 Å². The van der Waals surface area contributed by atoms with E-state index in [9.17, 15) is 4.79 Å². The van der Waals surface area contributed by atoms with Gasteiger partial charge in [-0.1, -0.05) is 35.1 Å². The summed E-state index contributed by atoms with van der Waals surface area (Å²) in [7, 11) is 1.57. The van der Waals surface area contributed by atoms with E-state index in [4.69, 9.17) is 16.3 Å². The van der Waals surface area contributed by atoms with E-state index in [0.29, 0.717) is 15.6 Å². The SMILES string of the molecule is COc1sc2cccc(C=O)c2c1Cl. The summed E-state index contributed by atoms with van der Waals surface area (Å²) >= 11 is 7.51. The summed E-state index contributed by atoms with van der Waals surface area (Å²) in [4.78, 5) is 10.8. The molecule has 0 bridgehead atoms. The van der Waals surface area contributed by atoms with Gasteiger partial charge in [-0.2, -0.15) is 0 Å². The molecule has 0 atom stereocenters. The first-order valence-electron chi connectivity index (χ1n) is 3.98. The number of hydrogen-bond donors (Lipinski definition) is 0. The molecule has 0 aliphatic rings. The third-order valence-electron chi connectivity index (χ3n) is 1.97.